The number of rotatable bonds is 2. The van der Waals surface area contributed by atoms with Crippen molar-refractivity contribution < 1.29 is 4.79 Å². The van der Waals surface area contributed by atoms with E-state index in [0.29, 0.717) is 5.56 Å². The van der Waals surface area contributed by atoms with Crippen molar-refractivity contribution >= 4 is 27.5 Å². The smallest absolute Gasteiger partial charge is 0.255 e. The van der Waals surface area contributed by atoms with Crippen molar-refractivity contribution in [2.75, 3.05) is 5.32 Å². The molecule has 0 spiro atoms. The second-order valence-corrected chi connectivity index (χ2v) is 4.40. The lowest BCUT2D eigenvalue weighted by molar-refractivity contribution is 0.102. The van der Waals surface area contributed by atoms with Gasteiger partial charge in [-0.1, -0.05) is 18.2 Å². The second-order valence-electron chi connectivity index (χ2n) is 3.59. The van der Waals surface area contributed by atoms with Crippen molar-refractivity contribution in [2.24, 2.45) is 0 Å². The number of benzene rings is 1. The highest BCUT2D eigenvalue weighted by molar-refractivity contribution is 9.10. The van der Waals surface area contributed by atoms with E-state index in [1.54, 1.807) is 18.2 Å². The number of hydrogen-bond donors (Lipinski definition) is 1. The van der Waals surface area contributed by atoms with E-state index in [2.05, 4.69) is 26.2 Å². The van der Waals surface area contributed by atoms with E-state index < -0.39 is 0 Å². The lowest BCUT2D eigenvalue weighted by Crippen LogP contribution is -2.12. The Hall–Kier alpha value is -1.68. The number of hydrogen-bond acceptors (Lipinski definition) is 2. The Bertz CT molecular complexity index is 540. The maximum absolute atomic E-state index is 11.9. The van der Waals surface area contributed by atoms with Gasteiger partial charge in [-0.25, -0.2) is 4.98 Å². The second kappa shape index (κ2) is 5.10. The summed E-state index contributed by atoms with van der Waals surface area (Å²) >= 11 is 3.28. The summed E-state index contributed by atoms with van der Waals surface area (Å²) in [6.45, 7) is 1.85. The quantitative estimate of drug-likeness (QED) is 0.862. The number of anilines is 1. The number of amides is 1. The number of carbonyl (C=O) groups is 1. The number of aromatic nitrogens is 1. The van der Waals surface area contributed by atoms with Crippen LogP contribution in [0.4, 0.5) is 5.69 Å². The maximum Gasteiger partial charge on any atom is 0.255 e. The van der Waals surface area contributed by atoms with Crippen LogP contribution in [0.15, 0.2) is 47.1 Å². The summed E-state index contributed by atoms with van der Waals surface area (Å²) in [5, 5.41) is 2.83. The highest BCUT2D eigenvalue weighted by atomic mass is 79.9. The molecule has 0 aliphatic rings. The Morgan fingerprint density at radius 3 is 2.53 bits per heavy atom. The Morgan fingerprint density at radius 2 is 1.88 bits per heavy atom. The van der Waals surface area contributed by atoms with Crippen molar-refractivity contribution in [3.8, 4) is 0 Å². The van der Waals surface area contributed by atoms with Crippen molar-refractivity contribution in [1.82, 2.24) is 4.98 Å². The highest BCUT2D eigenvalue weighted by Gasteiger charge is 2.07. The molecule has 0 saturated carbocycles. The number of aryl methyl sites for hydroxylation is 1. The van der Waals surface area contributed by atoms with E-state index in [9.17, 15) is 4.79 Å². The summed E-state index contributed by atoms with van der Waals surface area (Å²) in [4.78, 5) is 16.1. The zero-order chi connectivity index (χ0) is 12.3. The number of carbonyl (C=O) groups excluding carboxylic acids is 1. The predicted octanol–water partition coefficient (Wildman–Crippen LogP) is 3.40. The molecule has 86 valence electrons. The van der Waals surface area contributed by atoms with Gasteiger partial charge >= 0.3 is 0 Å². The SMILES string of the molecule is Cc1nc(Br)ccc1NC(=O)c1ccccc1. The molecule has 0 atom stereocenters. The first-order chi connectivity index (χ1) is 8.16. The first-order valence-electron chi connectivity index (χ1n) is 5.16. The van der Waals surface area contributed by atoms with Crippen LogP contribution in [0.1, 0.15) is 16.1 Å². The summed E-state index contributed by atoms with van der Waals surface area (Å²) in [6.07, 6.45) is 0. The number of nitrogens with one attached hydrogen (secondary N) is 1. The molecule has 0 aliphatic heterocycles. The van der Waals surface area contributed by atoms with Gasteiger partial charge in [0.25, 0.3) is 5.91 Å². The van der Waals surface area contributed by atoms with Crippen molar-refractivity contribution in [2.45, 2.75) is 6.92 Å². The Kier molecular flexibility index (Phi) is 3.54. The van der Waals surface area contributed by atoms with Gasteiger partial charge in [-0.3, -0.25) is 4.79 Å². The fraction of sp³-hybridized carbons (Fsp3) is 0.0769. The summed E-state index contributed by atoms with van der Waals surface area (Å²) in [5.74, 6) is -0.127. The van der Waals surface area contributed by atoms with Crippen LogP contribution in [0.2, 0.25) is 0 Å². The molecule has 1 amide bonds. The van der Waals surface area contributed by atoms with Gasteiger partial charge in [0, 0.05) is 5.56 Å². The molecule has 2 aromatic rings. The third-order valence-corrected chi connectivity index (χ3v) is 2.78. The van der Waals surface area contributed by atoms with Crippen LogP contribution >= 0.6 is 15.9 Å². The normalized spacial score (nSPS) is 10.0. The minimum atomic E-state index is -0.127. The molecular formula is C13H11BrN2O. The van der Waals surface area contributed by atoms with Crippen LogP contribution in [-0.2, 0) is 0 Å². The van der Waals surface area contributed by atoms with Gasteiger partial charge in [0.05, 0.1) is 11.4 Å². The standard InChI is InChI=1S/C13H11BrN2O/c1-9-11(7-8-12(14)15-9)16-13(17)10-5-3-2-4-6-10/h2-8H,1H3,(H,16,17). The van der Waals surface area contributed by atoms with Crippen LogP contribution in [-0.4, -0.2) is 10.9 Å². The maximum atomic E-state index is 11.9. The van der Waals surface area contributed by atoms with Gasteiger partial charge < -0.3 is 5.32 Å². The van der Waals surface area contributed by atoms with Crippen LogP contribution in [0, 0.1) is 6.92 Å². The first kappa shape index (κ1) is 11.8. The van der Waals surface area contributed by atoms with E-state index in [1.807, 2.05) is 31.2 Å². The third-order valence-electron chi connectivity index (χ3n) is 2.34. The molecule has 17 heavy (non-hydrogen) atoms. The average molecular weight is 291 g/mol. The molecule has 1 heterocycles. The molecule has 0 radical (unpaired) electrons. The minimum Gasteiger partial charge on any atom is -0.320 e. The molecule has 0 fully saturated rings. The van der Waals surface area contributed by atoms with Crippen molar-refractivity contribution in [1.29, 1.82) is 0 Å². The van der Waals surface area contributed by atoms with Gasteiger partial charge in [-0.15, -0.1) is 0 Å². The first-order valence-corrected chi connectivity index (χ1v) is 5.95. The fourth-order valence-electron chi connectivity index (χ4n) is 1.45. The van der Waals surface area contributed by atoms with E-state index in [4.69, 9.17) is 0 Å². The lowest BCUT2D eigenvalue weighted by Gasteiger charge is -2.07. The zero-order valence-electron chi connectivity index (χ0n) is 9.27. The lowest BCUT2D eigenvalue weighted by atomic mass is 10.2. The largest absolute Gasteiger partial charge is 0.320 e. The Balaban J connectivity index is 2.19. The molecule has 0 saturated heterocycles. The Labute approximate surface area is 108 Å². The van der Waals surface area contributed by atoms with Crippen LogP contribution < -0.4 is 5.32 Å². The summed E-state index contributed by atoms with van der Waals surface area (Å²) in [5.41, 5.74) is 2.14. The topological polar surface area (TPSA) is 42.0 Å². The third kappa shape index (κ3) is 2.91. The fourth-order valence-corrected chi connectivity index (χ4v) is 1.84. The van der Waals surface area contributed by atoms with Crippen molar-refractivity contribution in [3.05, 3.63) is 58.3 Å². The molecule has 3 nitrogen and oxygen atoms in total. The van der Waals surface area contributed by atoms with Gasteiger partial charge in [-0.05, 0) is 47.1 Å². The minimum absolute atomic E-state index is 0.127. The number of nitrogens with zero attached hydrogens (tertiary/aromatic N) is 1. The predicted molar refractivity (Wildman–Crippen MR) is 71.1 cm³/mol. The summed E-state index contributed by atoms with van der Waals surface area (Å²) in [7, 11) is 0. The summed E-state index contributed by atoms with van der Waals surface area (Å²) < 4.78 is 0.757. The van der Waals surface area contributed by atoms with Gasteiger partial charge in [0.2, 0.25) is 0 Å². The molecule has 2 rings (SSSR count). The van der Waals surface area contributed by atoms with Crippen LogP contribution in [0.25, 0.3) is 0 Å². The van der Waals surface area contributed by atoms with Crippen LogP contribution in [0.3, 0.4) is 0 Å². The van der Waals surface area contributed by atoms with Crippen molar-refractivity contribution in [3.63, 3.8) is 0 Å². The molecule has 1 aromatic heterocycles. The molecule has 0 bridgehead atoms. The monoisotopic (exact) mass is 290 g/mol. The highest BCUT2D eigenvalue weighted by Crippen LogP contribution is 2.16. The molecule has 0 aliphatic carbocycles. The van der Waals surface area contributed by atoms with Gasteiger partial charge in [0.15, 0.2) is 0 Å². The van der Waals surface area contributed by atoms with E-state index in [-0.39, 0.29) is 5.91 Å². The van der Waals surface area contributed by atoms with Gasteiger partial charge in [-0.2, -0.15) is 0 Å². The van der Waals surface area contributed by atoms with E-state index >= 15 is 0 Å². The molecule has 0 unspecified atom stereocenters. The number of halogens is 1. The molecule has 4 heteroatoms. The molecular weight excluding hydrogens is 280 g/mol. The summed E-state index contributed by atoms with van der Waals surface area (Å²) in [6, 6.07) is 12.7. The molecule has 1 N–H and O–H groups in total. The van der Waals surface area contributed by atoms with Gasteiger partial charge in [0.1, 0.15) is 4.60 Å². The van der Waals surface area contributed by atoms with E-state index in [1.165, 1.54) is 0 Å². The zero-order valence-corrected chi connectivity index (χ0v) is 10.9. The number of pyridine rings is 1. The van der Waals surface area contributed by atoms with Crippen LogP contribution in [0.5, 0.6) is 0 Å². The van der Waals surface area contributed by atoms with E-state index in [0.717, 1.165) is 16.0 Å². The molecule has 1 aromatic carbocycles. The Morgan fingerprint density at radius 1 is 1.18 bits per heavy atom. The average Bonchev–Trinajstić information content (AvgIpc) is 2.34.